The van der Waals surface area contributed by atoms with Crippen LogP contribution in [0.1, 0.15) is 12.5 Å². The molecule has 47 heavy (non-hydrogen) atoms. The fraction of sp³-hybridized carbons (Fsp3) is 0.176. The summed E-state index contributed by atoms with van der Waals surface area (Å²) in [4.78, 5) is 0. The number of hydrogen-bond acceptors (Lipinski definition) is 8. The molecule has 0 saturated carbocycles. The summed E-state index contributed by atoms with van der Waals surface area (Å²) in [6.07, 6.45) is 0.549. The van der Waals surface area contributed by atoms with Crippen LogP contribution in [0.2, 0.25) is 0 Å². The molecule has 0 aliphatic rings. The summed E-state index contributed by atoms with van der Waals surface area (Å²) in [5.74, 6) is 0.725. The SMILES string of the molecule is CNC([S-])=NN=C(C(C)=NN=C([S-])NCCOC[P+](c1ccccc1)(c1ccccc1)c1ccccc1)c1ccc(OC)cc1.[Br-].[Cu+2]. The number of methoxy groups -OCH3 is 1. The van der Waals surface area contributed by atoms with Gasteiger partial charge in [-0.25, -0.2) is 0 Å². The molecular formula is C34H36BrCuN6O2PS2. The van der Waals surface area contributed by atoms with Crippen molar-refractivity contribution in [2.75, 3.05) is 33.7 Å². The zero-order valence-corrected chi connectivity index (χ0v) is 31.2. The molecule has 0 atom stereocenters. The Kier molecular flexibility index (Phi) is 17.8. The average molecular weight is 799 g/mol. The molecule has 0 fully saturated rings. The smallest absolute Gasteiger partial charge is 1.00 e. The normalized spacial score (nSPS) is 12.4. The number of benzene rings is 4. The van der Waals surface area contributed by atoms with Gasteiger partial charge in [-0.2, -0.15) is 15.3 Å². The zero-order chi connectivity index (χ0) is 31.9. The maximum absolute atomic E-state index is 6.41. The van der Waals surface area contributed by atoms with Crippen LogP contribution in [-0.4, -0.2) is 55.4 Å². The predicted octanol–water partition coefficient (Wildman–Crippen LogP) is 1.36. The van der Waals surface area contributed by atoms with E-state index in [-0.39, 0.29) is 44.4 Å². The fourth-order valence-electron chi connectivity index (χ4n) is 4.59. The Balaban J connectivity index is 0.00000384. The molecule has 0 saturated heterocycles. The Bertz CT molecular complexity index is 1530. The number of nitrogens with zero attached hydrogens (tertiary/aromatic N) is 4. The van der Waals surface area contributed by atoms with E-state index in [9.17, 15) is 0 Å². The second-order valence-corrected chi connectivity index (χ2v) is 13.9. The van der Waals surface area contributed by atoms with Crippen molar-refractivity contribution in [3.63, 3.8) is 0 Å². The van der Waals surface area contributed by atoms with E-state index >= 15 is 0 Å². The Morgan fingerprint density at radius 1 is 0.702 bits per heavy atom. The van der Waals surface area contributed by atoms with Crippen molar-refractivity contribution in [2.45, 2.75) is 6.92 Å². The van der Waals surface area contributed by atoms with Crippen LogP contribution in [0.4, 0.5) is 0 Å². The van der Waals surface area contributed by atoms with Crippen LogP contribution in [0.5, 0.6) is 5.75 Å². The summed E-state index contributed by atoms with van der Waals surface area (Å²) < 4.78 is 11.7. The minimum Gasteiger partial charge on any atom is -1.00 e. The molecule has 0 amide bonds. The van der Waals surface area contributed by atoms with Gasteiger partial charge in [0.15, 0.2) is 6.35 Å². The van der Waals surface area contributed by atoms with Crippen molar-refractivity contribution in [2.24, 2.45) is 20.4 Å². The van der Waals surface area contributed by atoms with Gasteiger partial charge in [-0.3, -0.25) is 0 Å². The molecule has 0 aliphatic heterocycles. The van der Waals surface area contributed by atoms with Crippen molar-refractivity contribution < 1.29 is 43.5 Å². The van der Waals surface area contributed by atoms with Crippen LogP contribution in [0, 0.1) is 0 Å². The molecule has 0 aromatic heterocycles. The molecule has 2 N–H and O–H groups in total. The number of hydrogen-bond donors (Lipinski definition) is 2. The molecule has 0 heterocycles. The molecule has 0 spiro atoms. The molecule has 4 aromatic rings. The Morgan fingerprint density at radius 3 is 1.66 bits per heavy atom. The van der Waals surface area contributed by atoms with Gasteiger partial charge in [0, 0.05) is 19.2 Å². The molecule has 8 nitrogen and oxygen atoms in total. The summed E-state index contributed by atoms with van der Waals surface area (Å²) in [5, 5.41) is 27.1. The van der Waals surface area contributed by atoms with Crippen LogP contribution in [0.15, 0.2) is 136 Å². The fourth-order valence-corrected chi connectivity index (χ4v) is 8.56. The van der Waals surface area contributed by atoms with Crippen LogP contribution < -0.4 is 48.3 Å². The molecule has 1 radical (unpaired) electrons. The van der Waals surface area contributed by atoms with Crippen molar-refractivity contribution in [1.82, 2.24) is 10.6 Å². The molecule has 249 valence electrons. The quantitative estimate of drug-likeness (QED) is 0.0405. The van der Waals surface area contributed by atoms with E-state index in [2.05, 4.69) is 104 Å². The van der Waals surface area contributed by atoms with Crippen molar-refractivity contribution in [3.05, 3.63) is 121 Å². The molecule has 13 heteroatoms. The summed E-state index contributed by atoms with van der Waals surface area (Å²) in [6.45, 7) is 2.70. The van der Waals surface area contributed by atoms with Gasteiger partial charge in [0.2, 0.25) is 0 Å². The average Bonchev–Trinajstić information content (AvgIpc) is 3.10. The number of ether oxygens (including phenoxy) is 2. The molecule has 0 aliphatic carbocycles. The van der Waals surface area contributed by atoms with Crippen molar-refractivity contribution in [3.8, 4) is 5.75 Å². The van der Waals surface area contributed by atoms with Gasteiger partial charge in [0.25, 0.3) is 0 Å². The van der Waals surface area contributed by atoms with Gasteiger partial charge in [0.05, 0.1) is 19.4 Å². The minimum absolute atomic E-state index is 0. The maximum atomic E-state index is 6.41. The summed E-state index contributed by atoms with van der Waals surface area (Å²) in [6, 6.07) is 39.3. The molecule has 0 unspecified atom stereocenters. The van der Waals surface area contributed by atoms with Gasteiger partial charge in [0.1, 0.15) is 34.6 Å². The van der Waals surface area contributed by atoms with Crippen molar-refractivity contribution in [1.29, 1.82) is 0 Å². The zero-order valence-electron chi connectivity index (χ0n) is 26.1. The second kappa shape index (κ2) is 20.9. The summed E-state index contributed by atoms with van der Waals surface area (Å²) in [7, 11) is 1.22. The molecule has 4 rings (SSSR count). The standard InChI is InChI=1S/C34H37N6O2PS2.BrH.Cu/c1-26(32(38-39-33(44)35-2)27-19-21-28(41-3)22-20-27)37-40-34(45)36-23-24-42-25-43(29-13-7-4-8-14-29,30-15-9-5-10-16-30)31-17-11-6-12-18-31;;/h4-22H,23-25H2,1-3H3,(H3-,35,36,37,38,39,40,44,45);1H;/q;;+2/p-2. The van der Waals surface area contributed by atoms with Gasteiger partial charge in [-0.05, 0) is 77.9 Å². The number of halogens is 1. The van der Waals surface area contributed by atoms with E-state index in [1.165, 1.54) is 15.9 Å². The van der Waals surface area contributed by atoms with Gasteiger partial charge >= 0.3 is 17.1 Å². The second-order valence-electron chi connectivity index (χ2n) is 9.70. The van der Waals surface area contributed by atoms with E-state index < -0.39 is 7.26 Å². The molecule has 0 bridgehead atoms. The van der Waals surface area contributed by atoms with Crippen LogP contribution in [0.25, 0.3) is 0 Å². The first kappa shape index (κ1) is 40.0. The maximum Gasteiger partial charge on any atom is 2.00 e. The van der Waals surface area contributed by atoms with Gasteiger partial charge in [-0.1, -0.05) is 54.6 Å². The Hall–Kier alpha value is -3.21. The Labute approximate surface area is 310 Å². The Morgan fingerprint density at radius 2 is 1.19 bits per heavy atom. The number of nitrogens with one attached hydrogen (secondary N) is 2. The first-order chi connectivity index (χ1) is 22.0. The van der Waals surface area contributed by atoms with E-state index in [4.69, 9.17) is 34.7 Å². The van der Waals surface area contributed by atoms with Gasteiger partial charge in [-0.15, -0.1) is 5.10 Å². The number of amidine groups is 2. The molecular weight excluding hydrogens is 763 g/mol. The predicted molar refractivity (Wildman–Crippen MR) is 195 cm³/mol. The summed E-state index contributed by atoms with van der Waals surface area (Å²) in [5.41, 5.74) is 1.81. The van der Waals surface area contributed by atoms with Gasteiger partial charge < -0.3 is 62.3 Å². The number of rotatable bonds is 13. The third-order valence-corrected chi connectivity index (χ3v) is 11.5. The van der Waals surface area contributed by atoms with E-state index in [1.54, 1.807) is 21.1 Å². The molecule has 4 aromatic carbocycles. The first-order valence-electron chi connectivity index (χ1n) is 14.3. The van der Waals surface area contributed by atoms with E-state index in [0.29, 0.717) is 30.9 Å². The monoisotopic (exact) mass is 797 g/mol. The van der Waals surface area contributed by atoms with Crippen LogP contribution >= 0.6 is 7.26 Å². The third kappa shape index (κ3) is 11.2. The minimum atomic E-state index is -2.08. The third-order valence-electron chi connectivity index (χ3n) is 6.85. The van der Waals surface area contributed by atoms with E-state index in [0.717, 1.165) is 11.3 Å². The first-order valence-corrected chi connectivity index (χ1v) is 17.1. The van der Waals surface area contributed by atoms with E-state index in [1.807, 2.05) is 42.5 Å². The largest absolute Gasteiger partial charge is 2.00 e. The summed E-state index contributed by atoms with van der Waals surface area (Å²) >= 11 is 10.6. The topological polar surface area (TPSA) is 92.0 Å². The van der Waals surface area contributed by atoms with Crippen molar-refractivity contribution >= 4 is 70.2 Å². The van der Waals surface area contributed by atoms with Crippen LogP contribution in [-0.2, 0) is 47.1 Å². The van der Waals surface area contributed by atoms with Crippen LogP contribution in [0.3, 0.4) is 0 Å².